The van der Waals surface area contributed by atoms with Crippen LogP contribution in [0.25, 0.3) is 17.0 Å². The molecule has 4 N–H and O–H groups in total. The first-order chi connectivity index (χ1) is 14.5. The summed E-state index contributed by atoms with van der Waals surface area (Å²) in [5.74, 6) is -0.0567. The van der Waals surface area contributed by atoms with Gasteiger partial charge in [-0.2, -0.15) is 0 Å². The van der Waals surface area contributed by atoms with Crippen molar-refractivity contribution in [2.24, 2.45) is 0 Å². The van der Waals surface area contributed by atoms with E-state index in [9.17, 15) is 25.2 Å². The van der Waals surface area contributed by atoms with E-state index in [1.165, 1.54) is 6.07 Å². The Kier molecular flexibility index (Phi) is 5.34. The van der Waals surface area contributed by atoms with E-state index < -0.39 is 30.3 Å². The molecule has 1 aliphatic rings. The molecule has 0 bridgehead atoms. The lowest BCUT2D eigenvalue weighted by molar-refractivity contribution is -0.0944. The normalized spacial score (nSPS) is 21.0. The standard InChI is InChI=1S/C23H22O7/c24-12-15-9-17(26)21-19(29-15)11-18-16(22(21)28)10-20(27)23(13-25,30-18)8-4-7-14-5-2-1-3-6-14/h1-7,9,11,20,24-25,27-28H,8,10,12-13H2/b7-4+/t20-,23-/m1/s1. The number of hydrogen-bond acceptors (Lipinski definition) is 7. The third-order valence-electron chi connectivity index (χ3n) is 5.42. The third kappa shape index (κ3) is 3.47. The minimum Gasteiger partial charge on any atom is -0.507 e. The first kappa shape index (κ1) is 20.2. The highest BCUT2D eigenvalue weighted by atomic mass is 16.5. The van der Waals surface area contributed by atoms with Crippen LogP contribution in [0.1, 0.15) is 23.3 Å². The third-order valence-corrected chi connectivity index (χ3v) is 5.42. The highest BCUT2D eigenvalue weighted by molar-refractivity contribution is 5.87. The summed E-state index contributed by atoms with van der Waals surface area (Å²) in [6.07, 6.45) is 2.79. The van der Waals surface area contributed by atoms with Crippen LogP contribution < -0.4 is 10.2 Å². The lowest BCUT2D eigenvalue weighted by Crippen LogP contribution is -2.54. The summed E-state index contributed by atoms with van der Waals surface area (Å²) in [5, 5.41) is 40.7. The number of phenols is 1. The van der Waals surface area contributed by atoms with Crippen LogP contribution in [-0.2, 0) is 13.0 Å². The molecule has 0 unspecified atom stereocenters. The number of fused-ring (bicyclic) bond motifs is 2. The fourth-order valence-corrected chi connectivity index (χ4v) is 3.74. The molecule has 1 aliphatic heterocycles. The summed E-state index contributed by atoms with van der Waals surface area (Å²) < 4.78 is 11.5. The van der Waals surface area contributed by atoms with Gasteiger partial charge in [0, 0.05) is 30.5 Å². The molecule has 0 spiro atoms. The molecule has 0 aliphatic carbocycles. The number of aliphatic hydroxyl groups excluding tert-OH is 3. The van der Waals surface area contributed by atoms with Crippen molar-refractivity contribution >= 4 is 17.0 Å². The van der Waals surface area contributed by atoms with Crippen molar-refractivity contribution < 1.29 is 29.6 Å². The van der Waals surface area contributed by atoms with Crippen LogP contribution in [0.4, 0.5) is 0 Å². The molecule has 0 fully saturated rings. The zero-order valence-electron chi connectivity index (χ0n) is 16.1. The molecule has 0 amide bonds. The average Bonchev–Trinajstić information content (AvgIpc) is 2.75. The predicted octanol–water partition coefficient (Wildman–Crippen LogP) is 2.12. The summed E-state index contributed by atoms with van der Waals surface area (Å²) in [6, 6.07) is 12.1. The maximum absolute atomic E-state index is 12.3. The van der Waals surface area contributed by atoms with Crippen LogP contribution in [0.5, 0.6) is 11.5 Å². The van der Waals surface area contributed by atoms with Gasteiger partial charge in [0.05, 0.1) is 6.61 Å². The monoisotopic (exact) mass is 410 g/mol. The second-order valence-electron chi connectivity index (χ2n) is 7.37. The van der Waals surface area contributed by atoms with Crippen LogP contribution in [0.2, 0.25) is 0 Å². The highest BCUT2D eigenvalue weighted by Gasteiger charge is 2.44. The van der Waals surface area contributed by atoms with Gasteiger partial charge in [0.2, 0.25) is 0 Å². The molecule has 30 heavy (non-hydrogen) atoms. The Morgan fingerprint density at radius 3 is 2.63 bits per heavy atom. The van der Waals surface area contributed by atoms with Crippen molar-refractivity contribution in [2.45, 2.75) is 31.2 Å². The van der Waals surface area contributed by atoms with Gasteiger partial charge < -0.3 is 29.6 Å². The first-order valence-corrected chi connectivity index (χ1v) is 9.59. The van der Waals surface area contributed by atoms with Gasteiger partial charge in [0.15, 0.2) is 11.0 Å². The van der Waals surface area contributed by atoms with E-state index in [1.54, 1.807) is 0 Å². The first-order valence-electron chi connectivity index (χ1n) is 9.59. The van der Waals surface area contributed by atoms with Crippen LogP contribution in [-0.4, -0.2) is 38.7 Å². The van der Waals surface area contributed by atoms with Crippen LogP contribution in [0.3, 0.4) is 0 Å². The highest BCUT2D eigenvalue weighted by Crippen LogP contribution is 2.43. The molecule has 2 aromatic carbocycles. The fraction of sp³-hybridized carbons (Fsp3) is 0.261. The zero-order chi connectivity index (χ0) is 21.3. The van der Waals surface area contributed by atoms with Crippen LogP contribution in [0.15, 0.2) is 57.8 Å². The summed E-state index contributed by atoms with van der Waals surface area (Å²) >= 11 is 0. The second-order valence-corrected chi connectivity index (χ2v) is 7.37. The van der Waals surface area contributed by atoms with Crippen molar-refractivity contribution in [3.63, 3.8) is 0 Å². The molecule has 0 saturated carbocycles. The molecule has 156 valence electrons. The van der Waals surface area contributed by atoms with Gasteiger partial charge in [0.1, 0.15) is 40.9 Å². The van der Waals surface area contributed by atoms with Gasteiger partial charge in [-0.1, -0.05) is 42.5 Å². The smallest absolute Gasteiger partial charge is 0.196 e. The van der Waals surface area contributed by atoms with Gasteiger partial charge in [0.25, 0.3) is 0 Å². The van der Waals surface area contributed by atoms with Gasteiger partial charge in [-0.15, -0.1) is 0 Å². The number of aliphatic hydroxyl groups is 3. The average molecular weight is 410 g/mol. The number of benzene rings is 2. The summed E-state index contributed by atoms with van der Waals surface area (Å²) in [7, 11) is 0. The minimum absolute atomic E-state index is 0.00195. The van der Waals surface area contributed by atoms with E-state index in [0.29, 0.717) is 0 Å². The van der Waals surface area contributed by atoms with E-state index in [1.807, 2.05) is 42.5 Å². The van der Waals surface area contributed by atoms with Gasteiger partial charge in [-0.25, -0.2) is 0 Å². The Morgan fingerprint density at radius 1 is 1.17 bits per heavy atom. The Hall–Kier alpha value is -3.13. The molecule has 0 saturated heterocycles. The van der Waals surface area contributed by atoms with E-state index in [-0.39, 0.29) is 46.6 Å². The maximum Gasteiger partial charge on any atom is 0.196 e. The van der Waals surface area contributed by atoms with Crippen molar-refractivity contribution in [3.05, 3.63) is 75.7 Å². The number of rotatable bonds is 5. The van der Waals surface area contributed by atoms with Crippen molar-refractivity contribution in [1.82, 2.24) is 0 Å². The summed E-state index contributed by atoms with van der Waals surface area (Å²) in [4.78, 5) is 12.3. The van der Waals surface area contributed by atoms with Crippen LogP contribution in [0, 0.1) is 0 Å². The van der Waals surface area contributed by atoms with E-state index in [2.05, 4.69) is 0 Å². The second kappa shape index (κ2) is 7.95. The fourth-order valence-electron chi connectivity index (χ4n) is 3.74. The van der Waals surface area contributed by atoms with Crippen molar-refractivity contribution in [2.75, 3.05) is 6.61 Å². The molecule has 7 heteroatoms. The Morgan fingerprint density at radius 2 is 1.93 bits per heavy atom. The van der Waals surface area contributed by atoms with Gasteiger partial charge in [-0.05, 0) is 5.56 Å². The molecule has 1 aromatic heterocycles. The van der Waals surface area contributed by atoms with Gasteiger partial charge in [-0.3, -0.25) is 4.79 Å². The maximum atomic E-state index is 12.3. The number of hydrogen-bond donors (Lipinski definition) is 4. The van der Waals surface area contributed by atoms with Crippen molar-refractivity contribution in [3.8, 4) is 11.5 Å². The Labute approximate surface area is 172 Å². The Bertz CT molecular complexity index is 1150. The SMILES string of the molecule is O=c1cc(CO)oc2cc3c(c(O)c12)C[C@@H](O)[C@](CO)(C/C=C/c1ccccc1)O3. The summed E-state index contributed by atoms with van der Waals surface area (Å²) in [6.45, 7) is -0.917. The van der Waals surface area contributed by atoms with E-state index in [4.69, 9.17) is 9.15 Å². The number of aromatic hydroxyl groups is 1. The lowest BCUT2D eigenvalue weighted by atomic mass is 9.85. The molecular formula is C23H22O7. The molecule has 3 aromatic rings. The number of ether oxygens (including phenoxy) is 1. The molecule has 7 nitrogen and oxygen atoms in total. The molecule has 2 atom stereocenters. The topological polar surface area (TPSA) is 120 Å². The minimum atomic E-state index is -1.31. The number of phenolic OH excluding ortho intramolecular Hbond substituents is 1. The molecule has 0 radical (unpaired) electrons. The lowest BCUT2D eigenvalue weighted by Gasteiger charge is -2.41. The zero-order valence-corrected chi connectivity index (χ0v) is 16.1. The van der Waals surface area contributed by atoms with Crippen molar-refractivity contribution in [1.29, 1.82) is 0 Å². The largest absolute Gasteiger partial charge is 0.507 e. The summed E-state index contributed by atoms with van der Waals surface area (Å²) in [5.41, 5.74) is -0.507. The van der Waals surface area contributed by atoms with Crippen LogP contribution >= 0.6 is 0 Å². The van der Waals surface area contributed by atoms with E-state index >= 15 is 0 Å². The Balaban J connectivity index is 1.72. The molecule has 2 heterocycles. The van der Waals surface area contributed by atoms with E-state index in [0.717, 1.165) is 11.6 Å². The van der Waals surface area contributed by atoms with Gasteiger partial charge >= 0.3 is 0 Å². The molecule has 4 rings (SSSR count). The molecular weight excluding hydrogens is 388 g/mol. The predicted molar refractivity (Wildman–Crippen MR) is 110 cm³/mol. The quantitative estimate of drug-likeness (QED) is 0.508.